The van der Waals surface area contributed by atoms with Crippen LogP contribution in [0.1, 0.15) is 44.2 Å². The van der Waals surface area contributed by atoms with Crippen LogP contribution in [0.15, 0.2) is 6.33 Å². The van der Waals surface area contributed by atoms with Gasteiger partial charge in [-0.3, -0.25) is 4.79 Å². The van der Waals surface area contributed by atoms with Crippen LogP contribution in [0.4, 0.5) is 5.82 Å². The molecule has 3 N–H and O–H groups in total. The lowest BCUT2D eigenvalue weighted by molar-refractivity contribution is -0.124. The summed E-state index contributed by atoms with van der Waals surface area (Å²) in [6, 6.07) is -0.538. The van der Waals surface area contributed by atoms with Gasteiger partial charge in [-0.15, -0.1) is 0 Å². The molecular formula is C13H22N4O3. The van der Waals surface area contributed by atoms with E-state index in [-0.39, 0.29) is 24.0 Å². The first kappa shape index (κ1) is 16.0. The SMILES string of the molecule is CCOC(=O)c1ncn(C(C)C(=O)NCC(C)C)c1N. The number of nitrogens with two attached hydrogens (primary N) is 1. The van der Waals surface area contributed by atoms with Gasteiger partial charge in [0.25, 0.3) is 0 Å². The second-order valence-electron chi connectivity index (χ2n) is 4.92. The van der Waals surface area contributed by atoms with Gasteiger partial charge >= 0.3 is 5.97 Å². The van der Waals surface area contributed by atoms with Gasteiger partial charge in [-0.2, -0.15) is 0 Å². The topological polar surface area (TPSA) is 99.2 Å². The lowest BCUT2D eigenvalue weighted by atomic mass is 10.2. The highest BCUT2D eigenvalue weighted by atomic mass is 16.5. The Labute approximate surface area is 118 Å². The highest BCUT2D eigenvalue weighted by Crippen LogP contribution is 2.17. The van der Waals surface area contributed by atoms with E-state index < -0.39 is 12.0 Å². The van der Waals surface area contributed by atoms with Gasteiger partial charge in [0.05, 0.1) is 12.9 Å². The lowest BCUT2D eigenvalue weighted by Crippen LogP contribution is -2.33. The number of anilines is 1. The van der Waals surface area contributed by atoms with Gasteiger partial charge in [-0.25, -0.2) is 9.78 Å². The molecule has 20 heavy (non-hydrogen) atoms. The van der Waals surface area contributed by atoms with Crippen molar-refractivity contribution in [2.75, 3.05) is 18.9 Å². The van der Waals surface area contributed by atoms with Crippen molar-refractivity contribution >= 4 is 17.7 Å². The molecule has 1 rings (SSSR count). The molecule has 112 valence electrons. The first-order chi connectivity index (χ1) is 9.38. The number of ether oxygens (including phenoxy) is 1. The summed E-state index contributed by atoms with van der Waals surface area (Å²) in [5.41, 5.74) is 5.89. The molecule has 0 bridgehead atoms. The number of nitrogens with one attached hydrogen (secondary N) is 1. The van der Waals surface area contributed by atoms with Gasteiger partial charge in [-0.1, -0.05) is 13.8 Å². The molecule has 0 saturated carbocycles. The molecule has 0 aliphatic carbocycles. The van der Waals surface area contributed by atoms with Crippen molar-refractivity contribution in [3.63, 3.8) is 0 Å². The number of aromatic nitrogens is 2. The minimum Gasteiger partial charge on any atom is -0.461 e. The van der Waals surface area contributed by atoms with Crippen molar-refractivity contribution in [3.8, 4) is 0 Å². The van der Waals surface area contributed by atoms with E-state index in [1.165, 1.54) is 10.9 Å². The van der Waals surface area contributed by atoms with E-state index in [0.717, 1.165) is 0 Å². The first-order valence-electron chi connectivity index (χ1n) is 6.65. The number of carbonyl (C=O) groups excluding carboxylic acids is 2. The Morgan fingerprint density at radius 1 is 1.45 bits per heavy atom. The number of imidazole rings is 1. The summed E-state index contributed by atoms with van der Waals surface area (Å²) >= 11 is 0. The Bertz CT molecular complexity index is 482. The lowest BCUT2D eigenvalue weighted by Gasteiger charge is -2.16. The van der Waals surface area contributed by atoms with Crippen molar-refractivity contribution in [1.82, 2.24) is 14.9 Å². The monoisotopic (exact) mass is 282 g/mol. The Morgan fingerprint density at radius 2 is 2.10 bits per heavy atom. The van der Waals surface area contributed by atoms with Crippen molar-refractivity contribution in [2.45, 2.75) is 33.7 Å². The summed E-state index contributed by atoms with van der Waals surface area (Å²) in [7, 11) is 0. The van der Waals surface area contributed by atoms with Gasteiger partial charge in [0.15, 0.2) is 5.69 Å². The van der Waals surface area contributed by atoms with E-state index in [9.17, 15) is 9.59 Å². The molecule has 7 heteroatoms. The Morgan fingerprint density at radius 3 is 2.65 bits per heavy atom. The van der Waals surface area contributed by atoms with Crippen LogP contribution < -0.4 is 11.1 Å². The normalized spacial score (nSPS) is 12.2. The third kappa shape index (κ3) is 3.72. The van der Waals surface area contributed by atoms with E-state index in [0.29, 0.717) is 12.5 Å². The number of carbonyl (C=O) groups is 2. The zero-order valence-corrected chi connectivity index (χ0v) is 12.3. The van der Waals surface area contributed by atoms with E-state index >= 15 is 0 Å². The van der Waals surface area contributed by atoms with E-state index in [2.05, 4.69) is 10.3 Å². The number of hydrogen-bond donors (Lipinski definition) is 2. The maximum atomic E-state index is 12.0. The third-order valence-electron chi connectivity index (χ3n) is 2.78. The minimum absolute atomic E-state index is 0.0374. The van der Waals surface area contributed by atoms with Crippen LogP contribution in [-0.2, 0) is 9.53 Å². The second-order valence-corrected chi connectivity index (χ2v) is 4.92. The zero-order chi connectivity index (χ0) is 15.3. The largest absolute Gasteiger partial charge is 0.461 e. The van der Waals surface area contributed by atoms with Crippen LogP contribution in [0.25, 0.3) is 0 Å². The number of amides is 1. The standard InChI is InChI=1S/C13H22N4O3/c1-5-20-13(19)10-11(14)17(7-16-10)9(4)12(18)15-6-8(2)3/h7-9H,5-6,14H2,1-4H3,(H,15,18). The summed E-state index contributed by atoms with van der Waals surface area (Å²) in [5.74, 6) is -0.256. The summed E-state index contributed by atoms with van der Waals surface area (Å²) in [6.07, 6.45) is 1.38. The molecule has 0 fully saturated rings. The van der Waals surface area contributed by atoms with Gasteiger partial charge in [0.1, 0.15) is 11.9 Å². The van der Waals surface area contributed by atoms with Crippen LogP contribution >= 0.6 is 0 Å². The smallest absolute Gasteiger partial charge is 0.360 e. The van der Waals surface area contributed by atoms with Crippen molar-refractivity contribution < 1.29 is 14.3 Å². The number of hydrogen-bond acceptors (Lipinski definition) is 5. The summed E-state index contributed by atoms with van der Waals surface area (Å²) < 4.78 is 6.31. The fourth-order valence-electron chi connectivity index (χ4n) is 1.61. The first-order valence-corrected chi connectivity index (χ1v) is 6.65. The summed E-state index contributed by atoms with van der Waals surface area (Å²) in [6.45, 7) is 8.25. The van der Waals surface area contributed by atoms with Crippen molar-refractivity contribution in [2.24, 2.45) is 5.92 Å². The molecule has 1 heterocycles. The molecule has 0 spiro atoms. The zero-order valence-electron chi connectivity index (χ0n) is 12.3. The number of esters is 1. The Balaban J connectivity index is 2.81. The molecule has 0 aromatic carbocycles. The van der Waals surface area contributed by atoms with Crippen LogP contribution in [0, 0.1) is 5.92 Å². The van der Waals surface area contributed by atoms with Crippen molar-refractivity contribution in [3.05, 3.63) is 12.0 Å². The molecule has 0 aliphatic rings. The maximum absolute atomic E-state index is 12.0. The highest BCUT2D eigenvalue weighted by molar-refractivity contribution is 5.92. The molecule has 1 atom stereocenters. The molecule has 1 unspecified atom stereocenters. The van der Waals surface area contributed by atoms with Gasteiger partial charge in [-0.05, 0) is 19.8 Å². The van der Waals surface area contributed by atoms with E-state index in [1.807, 2.05) is 13.8 Å². The molecule has 1 aromatic heterocycles. The second kappa shape index (κ2) is 6.93. The van der Waals surface area contributed by atoms with E-state index in [1.54, 1.807) is 13.8 Å². The fraction of sp³-hybridized carbons (Fsp3) is 0.615. The average molecular weight is 282 g/mol. The predicted molar refractivity (Wildman–Crippen MR) is 75.2 cm³/mol. The number of nitrogens with zero attached hydrogens (tertiary/aromatic N) is 2. The number of nitrogen functional groups attached to an aromatic ring is 1. The highest BCUT2D eigenvalue weighted by Gasteiger charge is 2.22. The molecule has 1 amide bonds. The molecule has 1 aromatic rings. The predicted octanol–water partition coefficient (Wildman–Crippen LogP) is 0.975. The molecule has 0 aliphatic heterocycles. The van der Waals surface area contributed by atoms with Gasteiger partial charge < -0.3 is 20.4 Å². The van der Waals surface area contributed by atoms with Gasteiger partial charge in [0.2, 0.25) is 5.91 Å². The van der Waals surface area contributed by atoms with Crippen molar-refractivity contribution in [1.29, 1.82) is 0 Å². The molecular weight excluding hydrogens is 260 g/mol. The Hall–Kier alpha value is -2.05. The summed E-state index contributed by atoms with van der Waals surface area (Å²) in [5, 5.41) is 2.81. The number of rotatable bonds is 6. The van der Waals surface area contributed by atoms with Crippen LogP contribution in [0.2, 0.25) is 0 Å². The quantitative estimate of drug-likeness (QED) is 0.757. The van der Waals surface area contributed by atoms with Crippen LogP contribution in [0.5, 0.6) is 0 Å². The molecule has 0 saturated heterocycles. The molecule has 7 nitrogen and oxygen atoms in total. The van der Waals surface area contributed by atoms with E-state index in [4.69, 9.17) is 10.5 Å². The van der Waals surface area contributed by atoms with Crippen LogP contribution in [-0.4, -0.2) is 34.6 Å². The van der Waals surface area contributed by atoms with Crippen LogP contribution in [0.3, 0.4) is 0 Å². The Kier molecular flexibility index (Phi) is 5.54. The maximum Gasteiger partial charge on any atom is 0.360 e. The average Bonchev–Trinajstić information content (AvgIpc) is 2.77. The minimum atomic E-state index is -0.585. The third-order valence-corrected chi connectivity index (χ3v) is 2.78. The molecule has 0 radical (unpaired) electrons. The fourth-order valence-corrected chi connectivity index (χ4v) is 1.61. The summed E-state index contributed by atoms with van der Waals surface area (Å²) in [4.78, 5) is 27.5. The van der Waals surface area contributed by atoms with Gasteiger partial charge in [0, 0.05) is 6.54 Å².